The second-order valence-electron chi connectivity index (χ2n) is 7.08. The molecule has 156 valence electrons. The molecule has 29 heavy (non-hydrogen) atoms. The Morgan fingerprint density at radius 1 is 1.10 bits per heavy atom. The highest BCUT2D eigenvalue weighted by molar-refractivity contribution is 7.92. The molecular formula is C21H27N3O4S. The van der Waals surface area contributed by atoms with Crippen molar-refractivity contribution < 1.29 is 18.0 Å². The summed E-state index contributed by atoms with van der Waals surface area (Å²) in [4.78, 5) is 24.6. The van der Waals surface area contributed by atoms with E-state index in [4.69, 9.17) is 5.73 Å². The van der Waals surface area contributed by atoms with E-state index in [2.05, 4.69) is 5.32 Å². The van der Waals surface area contributed by atoms with Crippen molar-refractivity contribution in [1.29, 1.82) is 0 Å². The van der Waals surface area contributed by atoms with Gasteiger partial charge in [0.25, 0.3) is 0 Å². The van der Waals surface area contributed by atoms with Gasteiger partial charge in [0, 0.05) is 11.3 Å². The van der Waals surface area contributed by atoms with Crippen molar-refractivity contribution in [3.63, 3.8) is 0 Å². The first kappa shape index (κ1) is 22.4. The first-order chi connectivity index (χ1) is 13.5. The number of anilines is 2. The first-order valence-corrected chi connectivity index (χ1v) is 11.1. The molecule has 0 bridgehead atoms. The van der Waals surface area contributed by atoms with E-state index in [9.17, 15) is 18.0 Å². The molecule has 0 aliphatic carbocycles. The van der Waals surface area contributed by atoms with E-state index in [1.807, 2.05) is 19.9 Å². The number of aryl methyl sites for hydroxylation is 2. The van der Waals surface area contributed by atoms with Gasteiger partial charge in [-0.25, -0.2) is 8.42 Å². The molecule has 2 rings (SSSR count). The van der Waals surface area contributed by atoms with Crippen LogP contribution >= 0.6 is 0 Å². The molecule has 2 aromatic rings. The quantitative estimate of drug-likeness (QED) is 0.722. The number of nitrogens with one attached hydrogen (secondary N) is 1. The normalized spacial score (nSPS) is 12.3. The Morgan fingerprint density at radius 2 is 1.76 bits per heavy atom. The minimum Gasteiger partial charge on any atom is -0.366 e. The number of hydrogen-bond donors (Lipinski definition) is 2. The number of nitrogens with zero attached hydrogens (tertiary/aromatic N) is 1. The summed E-state index contributed by atoms with van der Waals surface area (Å²) in [6, 6.07) is 9.15. The maximum absolute atomic E-state index is 13.1. The summed E-state index contributed by atoms with van der Waals surface area (Å²) in [5.41, 5.74) is 8.99. The second-order valence-corrected chi connectivity index (χ2v) is 8.94. The van der Waals surface area contributed by atoms with Gasteiger partial charge in [0.05, 0.1) is 11.9 Å². The van der Waals surface area contributed by atoms with Gasteiger partial charge in [-0.3, -0.25) is 13.9 Å². The average Bonchev–Trinajstić information content (AvgIpc) is 2.62. The van der Waals surface area contributed by atoms with Crippen LogP contribution in [0.4, 0.5) is 11.4 Å². The molecule has 7 nitrogen and oxygen atoms in total. The summed E-state index contributed by atoms with van der Waals surface area (Å²) < 4.78 is 26.3. The largest absolute Gasteiger partial charge is 0.366 e. The lowest BCUT2D eigenvalue weighted by Gasteiger charge is -2.30. The molecule has 0 radical (unpaired) electrons. The van der Waals surface area contributed by atoms with Gasteiger partial charge in [0.15, 0.2) is 0 Å². The van der Waals surface area contributed by atoms with Crippen LogP contribution in [0.15, 0.2) is 36.4 Å². The number of rotatable bonds is 7. The van der Waals surface area contributed by atoms with E-state index >= 15 is 0 Å². The molecule has 0 aromatic heterocycles. The molecule has 2 aromatic carbocycles. The number of primary amides is 1. The minimum atomic E-state index is -3.73. The third kappa shape index (κ3) is 4.95. The van der Waals surface area contributed by atoms with Gasteiger partial charge in [-0.05, 0) is 68.1 Å². The molecular weight excluding hydrogens is 390 g/mol. The molecule has 0 heterocycles. The maximum atomic E-state index is 13.1. The molecule has 8 heteroatoms. The van der Waals surface area contributed by atoms with Crippen LogP contribution in [-0.2, 0) is 14.8 Å². The molecule has 0 aliphatic rings. The molecule has 1 unspecified atom stereocenters. The van der Waals surface area contributed by atoms with Crippen molar-refractivity contribution in [3.05, 3.63) is 58.7 Å². The van der Waals surface area contributed by atoms with Crippen LogP contribution in [0, 0.1) is 20.8 Å². The lowest BCUT2D eigenvalue weighted by atomic mass is 10.1. The Morgan fingerprint density at radius 3 is 2.28 bits per heavy atom. The molecule has 3 N–H and O–H groups in total. The van der Waals surface area contributed by atoms with Crippen LogP contribution in [0.25, 0.3) is 0 Å². The SMILES string of the molecule is CCC(C(=O)Nc1cccc(C(N)=O)c1C)N(c1ccc(C)c(C)c1)S(C)(=O)=O. The zero-order valence-corrected chi connectivity index (χ0v) is 18.1. The van der Waals surface area contributed by atoms with Crippen molar-refractivity contribution in [2.45, 2.75) is 40.2 Å². The number of nitrogens with two attached hydrogens (primary N) is 1. The predicted octanol–water partition coefficient (Wildman–Crippen LogP) is 2.89. The van der Waals surface area contributed by atoms with Gasteiger partial charge in [0.1, 0.15) is 6.04 Å². The smallest absolute Gasteiger partial charge is 0.249 e. The minimum absolute atomic E-state index is 0.264. The Labute approximate surface area is 172 Å². The first-order valence-electron chi connectivity index (χ1n) is 9.24. The predicted molar refractivity (Wildman–Crippen MR) is 116 cm³/mol. The summed E-state index contributed by atoms with van der Waals surface area (Å²) in [5.74, 6) is -1.08. The highest BCUT2D eigenvalue weighted by Crippen LogP contribution is 2.26. The van der Waals surface area contributed by atoms with Crippen molar-refractivity contribution in [3.8, 4) is 0 Å². The van der Waals surface area contributed by atoms with Crippen molar-refractivity contribution in [2.24, 2.45) is 5.73 Å². The van der Waals surface area contributed by atoms with Crippen molar-refractivity contribution in [1.82, 2.24) is 0 Å². The maximum Gasteiger partial charge on any atom is 0.249 e. The number of amides is 2. The molecule has 0 fully saturated rings. The lowest BCUT2D eigenvalue weighted by Crippen LogP contribution is -2.47. The monoisotopic (exact) mass is 417 g/mol. The number of sulfonamides is 1. The summed E-state index contributed by atoms with van der Waals surface area (Å²) >= 11 is 0. The molecule has 0 aliphatic heterocycles. The van der Waals surface area contributed by atoms with E-state index < -0.39 is 27.9 Å². The number of carbonyl (C=O) groups is 2. The van der Waals surface area contributed by atoms with Crippen molar-refractivity contribution >= 4 is 33.2 Å². The van der Waals surface area contributed by atoms with Gasteiger partial charge in [-0.15, -0.1) is 0 Å². The van der Waals surface area contributed by atoms with E-state index in [0.29, 0.717) is 22.5 Å². The van der Waals surface area contributed by atoms with E-state index in [0.717, 1.165) is 21.7 Å². The van der Waals surface area contributed by atoms with Crippen LogP contribution in [-0.4, -0.2) is 32.5 Å². The van der Waals surface area contributed by atoms with Gasteiger partial charge >= 0.3 is 0 Å². The zero-order chi connectivity index (χ0) is 21.9. The Hall–Kier alpha value is -2.87. The Balaban J connectivity index is 2.45. The topological polar surface area (TPSA) is 110 Å². The fourth-order valence-corrected chi connectivity index (χ4v) is 4.38. The summed E-state index contributed by atoms with van der Waals surface area (Å²) in [7, 11) is -3.73. The standard InChI is InChI=1S/C21H27N3O4S/c1-6-19(21(26)23-18-9-7-8-17(15(18)4)20(22)25)24(29(5,27)28)16-11-10-13(2)14(3)12-16/h7-12,19H,6H2,1-5H3,(H2,22,25)(H,23,26). The summed E-state index contributed by atoms with van der Waals surface area (Å²) in [6.45, 7) is 7.24. The third-order valence-corrected chi connectivity index (χ3v) is 6.11. The highest BCUT2D eigenvalue weighted by atomic mass is 32.2. The highest BCUT2D eigenvalue weighted by Gasteiger charge is 2.32. The molecule has 0 saturated carbocycles. The van der Waals surface area contributed by atoms with Gasteiger partial charge in [0.2, 0.25) is 21.8 Å². The number of hydrogen-bond acceptors (Lipinski definition) is 4. The number of benzene rings is 2. The van der Waals surface area contributed by atoms with Crippen LogP contribution in [0.3, 0.4) is 0 Å². The average molecular weight is 418 g/mol. The second kappa shape index (κ2) is 8.65. The Bertz CT molecular complexity index is 1050. The van der Waals surface area contributed by atoms with Crippen molar-refractivity contribution in [2.75, 3.05) is 15.9 Å². The summed E-state index contributed by atoms with van der Waals surface area (Å²) in [6.07, 6.45) is 1.34. The van der Waals surface area contributed by atoms with Crippen LogP contribution in [0.5, 0.6) is 0 Å². The summed E-state index contributed by atoms with van der Waals surface area (Å²) in [5, 5.41) is 2.75. The lowest BCUT2D eigenvalue weighted by molar-refractivity contribution is -0.117. The Kier molecular flexibility index (Phi) is 6.69. The molecule has 2 amide bonds. The fraction of sp³-hybridized carbons (Fsp3) is 0.333. The molecule has 1 atom stereocenters. The van der Waals surface area contributed by atoms with E-state index in [1.54, 1.807) is 44.2 Å². The van der Waals surface area contributed by atoms with Gasteiger partial charge < -0.3 is 11.1 Å². The van der Waals surface area contributed by atoms with Gasteiger partial charge in [-0.2, -0.15) is 0 Å². The van der Waals surface area contributed by atoms with Gasteiger partial charge in [-0.1, -0.05) is 19.1 Å². The number of carbonyl (C=O) groups excluding carboxylic acids is 2. The van der Waals surface area contributed by atoms with Crippen LogP contribution < -0.4 is 15.4 Å². The van der Waals surface area contributed by atoms with Crippen LogP contribution in [0.2, 0.25) is 0 Å². The van der Waals surface area contributed by atoms with E-state index in [-0.39, 0.29) is 6.42 Å². The van der Waals surface area contributed by atoms with E-state index in [1.165, 1.54) is 0 Å². The zero-order valence-electron chi connectivity index (χ0n) is 17.3. The fourth-order valence-electron chi connectivity index (χ4n) is 3.18. The third-order valence-electron chi connectivity index (χ3n) is 4.93. The molecule has 0 saturated heterocycles. The van der Waals surface area contributed by atoms with Crippen LogP contribution in [0.1, 0.15) is 40.4 Å². The molecule has 0 spiro atoms.